The van der Waals surface area contributed by atoms with E-state index in [-0.39, 0.29) is 68.9 Å². The van der Waals surface area contributed by atoms with E-state index in [4.69, 9.17) is 19.7 Å². The van der Waals surface area contributed by atoms with E-state index < -0.39 is 0 Å². The minimum atomic E-state index is 0. The first-order chi connectivity index (χ1) is 2.00. The first-order valence-corrected chi connectivity index (χ1v) is 0.338. The van der Waals surface area contributed by atoms with E-state index in [1.54, 1.807) is 0 Å². The fourth-order valence-corrected chi connectivity index (χ4v) is 0. The Morgan fingerprint density at radius 3 is 1.00 bits per heavy atom. The number of hydrogen-bond donors (Lipinski definition) is 2. The maximum Gasteiger partial charge on any atom is 2.00 e. The molecule has 0 rings (SSSR count). The molecule has 0 amide bonds. The van der Waals surface area contributed by atoms with Crippen molar-refractivity contribution < 1.29 is 22.5 Å². The monoisotopic (exact) mass is 176 g/mol. The van der Waals surface area contributed by atoms with Crippen LogP contribution in [0, 0.1) is 0 Å². The summed E-state index contributed by atoms with van der Waals surface area (Å²) in [6, 6.07) is 0. The van der Waals surface area contributed by atoms with Gasteiger partial charge in [0, 0.05) is 0 Å². The molecule has 0 spiro atoms. The topological polar surface area (TPSA) is 40.5 Å². The summed E-state index contributed by atoms with van der Waals surface area (Å²) >= 11 is 0. The Morgan fingerprint density at radius 2 is 1.00 bits per heavy atom. The van der Waals surface area contributed by atoms with E-state index in [9.17, 15) is 0 Å². The summed E-state index contributed by atoms with van der Waals surface area (Å²) in [5, 5.41) is 11.0. The summed E-state index contributed by atoms with van der Waals surface area (Å²) in [5.74, 6) is 0. The third-order valence-corrected chi connectivity index (χ3v) is 0. The number of halogens is 2. The maximum absolute atomic E-state index is 8.50. The molecule has 0 fully saturated rings. The molecule has 7 heteroatoms. The molecule has 0 aliphatic rings. The van der Waals surface area contributed by atoms with Gasteiger partial charge in [-0.25, -0.2) is 10.6 Å². The predicted molar refractivity (Wildman–Crippen MR) is 35.9 cm³/mol. The first kappa shape index (κ1) is 37.1. The molecule has 0 radical (unpaired) electrons. The smallest absolute Gasteiger partial charge is 1.00 e. The van der Waals surface area contributed by atoms with Crippen molar-refractivity contribution in [2.24, 2.45) is 0 Å². The quantitative estimate of drug-likeness (QED) is 0.385. The molecule has 0 aliphatic carbocycles. The van der Waals surface area contributed by atoms with Gasteiger partial charge in [-0.1, -0.05) is 9.05 Å². The molecule has 0 aliphatic heterocycles. The van der Waals surface area contributed by atoms with Gasteiger partial charge in [-0.3, -0.25) is 0 Å². The van der Waals surface area contributed by atoms with Crippen LogP contribution in [0.5, 0.6) is 0 Å². The molecule has 0 atom stereocenters. The van der Waals surface area contributed by atoms with Crippen LogP contribution in [0.15, 0.2) is 0 Å². The van der Waals surface area contributed by atoms with Gasteiger partial charge in [0.25, 0.3) is 0 Å². The molecule has 0 heterocycles. The molecular formula is H11AlCaF2O2Si. The summed E-state index contributed by atoms with van der Waals surface area (Å²) in [6.45, 7) is 0. The summed E-state index contributed by atoms with van der Waals surface area (Å²) < 4.78 is 17.0. The van der Waals surface area contributed by atoms with Gasteiger partial charge in [-0.15, -0.1) is 0 Å². The van der Waals surface area contributed by atoms with Gasteiger partial charge in [-0.05, 0) is 11.0 Å². The molecule has 2 nitrogen and oxygen atoms in total. The van der Waals surface area contributed by atoms with E-state index in [0.29, 0.717) is 0 Å². The van der Waals surface area contributed by atoms with Gasteiger partial charge in [0.15, 0.2) is 17.4 Å². The molecular weight excluding hydrogens is 165 g/mol. The molecule has 0 aromatic heterocycles. The first-order valence-electron chi connectivity index (χ1n) is 0.338. The van der Waals surface area contributed by atoms with Crippen molar-refractivity contribution in [2.45, 2.75) is 0 Å². The van der Waals surface area contributed by atoms with Crippen LogP contribution in [0.2, 0.25) is 0 Å². The van der Waals surface area contributed by atoms with Gasteiger partial charge >= 0.3 is 37.7 Å². The van der Waals surface area contributed by atoms with Crippen LogP contribution < -0.4 is 0 Å². The molecule has 0 unspecified atom stereocenters. The van der Waals surface area contributed by atoms with Crippen molar-refractivity contribution in [3.63, 3.8) is 0 Å². The molecule has 7 heavy (non-hydrogen) atoms. The van der Waals surface area contributed by atoms with Gasteiger partial charge in [0.05, 0.1) is 0 Å². The maximum atomic E-state index is 8.50. The van der Waals surface area contributed by atoms with E-state index in [1.165, 1.54) is 0 Å². The zero-order valence-electron chi connectivity index (χ0n) is 4.36. The van der Waals surface area contributed by atoms with Crippen LogP contribution in [-0.4, -0.2) is 76.7 Å². The van der Waals surface area contributed by atoms with Crippen molar-refractivity contribution >= 4 is 66.1 Å². The van der Waals surface area contributed by atoms with Crippen LogP contribution in [0.25, 0.3) is 0 Å². The molecule has 46 valence electrons. The number of rotatable bonds is 0. The normalized spacial score (nSPS) is 1.71. The van der Waals surface area contributed by atoms with E-state index >= 15 is 0 Å². The van der Waals surface area contributed by atoms with Gasteiger partial charge < -0.3 is 2.85 Å². The molecule has 0 bridgehead atoms. The Hall–Kier alpha value is 1.79. The van der Waals surface area contributed by atoms with Crippen molar-refractivity contribution in [2.75, 3.05) is 0 Å². The Morgan fingerprint density at radius 1 is 1.00 bits per heavy atom. The van der Waals surface area contributed by atoms with Crippen molar-refractivity contribution in [1.29, 1.82) is 0 Å². The Bertz CT molecular complexity index is 22.5. The second kappa shape index (κ2) is 112. The largest absolute Gasteiger partial charge is 2.00 e. The zero-order valence-corrected chi connectivity index (χ0v) is 4.57. The summed E-state index contributed by atoms with van der Waals surface area (Å²) in [7, 11) is 0. The zero-order chi connectivity index (χ0) is 4.00. The minimum Gasteiger partial charge on any atom is -1.00 e. The molecule has 2 N–H and O–H groups in total. The Kier molecular flexibility index (Phi) is 595. The van der Waals surface area contributed by atoms with Crippen LogP contribution in [0.3, 0.4) is 0 Å². The standard InChI is InChI=1S/Al.Ca.2FHO.H4Si.5H/c;;2*1-2;;;;;;/h;;2*2H;1H4;;;;;/q;+2;;;;;;;2*-1. The molecule has 0 saturated carbocycles. The molecule has 0 saturated heterocycles. The third kappa shape index (κ3) is 81.6. The fourth-order valence-electron chi connectivity index (χ4n) is 0. The predicted octanol–water partition coefficient (Wildman–Crippen LogP) is -3.06. The fraction of sp³-hybridized carbons (Fsp3) is 0. The second-order valence-corrected chi connectivity index (χ2v) is 0. The Labute approximate surface area is 87.8 Å². The van der Waals surface area contributed by atoms with E-state index in [1.807, 2.05) is 0 Å². The van der Waals surface area contributed by atoms with Crippen LogP contribution in [0.1, 0.15) is 2.85 Å². The van der Waals surface area contributed by atoms with Crippen molar-refractivity contribution in [1.82, 2.24) is 0 Å². The van der Waals surface area contributed by atoms with Crippen molar-refractivity contribution in [3.05, 3.63) is 0 Å². The molecule has 0 aromatic rings. The number of hydrogen-bond acceptors (Lipinski definition) is 2. The van der Waals surface area contributed by atoms with Crippen LogP contribution >= 0.6 is 0 Å². The van der Waals surface area contributed by atoms with Gasteiger partial charge in [0.2, 0.25) is 0 Å². The van der Waals surface area contributed by atoms with Gasteiger partial charge in [-0.2, -0.15) is 0 Å². The van der Waals surface area contributed by atoms with Crippen LogP contribution in [0.4, 0.5) is 9.05 Å². The molecule has 0 aromatic carbocycles. The van der Waals surface area contributed by atoms with Crippen LogP contribution in [-0.2, 0) is 0 Å². The second-order valence-electron chi connectivity index (χ2n) is 0. The summed E-state index contributed by atoms with van der Waals surface area (Å²) in [4.78, 5) is 0. The average molecular weight is 176 g/mol. The van der Waals surface area contributed by atoms with E-state index in [0.717, 1.165) is 0 Å². The third-order valence-electron chi connectivity index (χ3n) is 0. The Balaban J connectivity index is -0.00000000114. The average Bonchev–Trinajstić information content (AvgIpc) is 1.50. The minimum absolute atomic E-state index is 0. The summed E-state index contributed by atoms with van der Waals surface area (Å²) in [6.07, 6.45) is 0. The SMILES string of the molecule is OF.OF.[AlH3].[Ca+2].[H-].[H-].[SiH4]. The van der Waals surface area contributed by atoms with Crippen molar-refractivity contribution in [3.8, 4) is 0 Å². The summed E-state index contributed by atoms with van der Waals surface area (Å²) in [5.41, 5.74) is 0. The van der Waals surface area contributed by atoms with Gasteiger partial charge in [0.1, 0.15) is 0 Å². The van der Waals surface area contributed by atoms with E-state index in [2.05, 4.69) is 0 Å².